The molecule has 7 nitrogen and oxygen atoms in total. The molecule has 0 aliphatic carbocycles. The molecule has 33 heavy (non-hydrogen) atoms. The molecule has 0 radical (unpaired) electrons. The minimum absolute atomic E-state index is 0.00199. The van der Waals surface area contributed by atoms with Gasteiger partial charge in [0.1, 0.15) is 5.82 Å². The summed E-state index contributed by atoms with van der Waals surface area (Å²) in [6.07, 6.45) is -0.484. The molecule has 1 amide bonds. The second-order valence-corrected chi connectivity index (χ2v) is 8.10. The number of rotatable bonds is 5. The van der Waals surface area contributed by atoms with E-state index in [-0.39, 0.29) is 25.9 Å². The van der Waals surface area contributed by atoms with Crippen LogP contribution in [0.3, 0.4) is 0 Å². The minimum Gasteiger partial charge on any atom is -0.378 e. The van der Waals surface area contributed by atoms with E-state index in [1.807, 2.05) is 19.1 Å². The Kier molecular flexibility index (Phi) is 6.46. The lowest BCUT2D eigenvalue weighted by Gasteiger charge is -2.30. The molecule has 174 valence electrons. The summed E-state index contributed by atoms with van der Waals surface area (Å²) in [6, 6.07) is 5.56. The maximum Gasteiger partial charge on any atom is 0.392 e. The highest BCUT2D eigenvalue weighted by Gasteiger charge is 2.42. The fraction of sp³-hybridized carbons (Fsp3) is 0.391. The van der Waals surface area contributed by atoms with Gasteiger partial charge in [0, 0.05) is 54.3 Å². The van der Waals surface area contributed by atoms with Crippen molar-refractivity contribution in [3.63, 3.8) is 0 Å². The molecule has 0 spiro atoms. The summed E-state index contributed by atoms with van der Waals surface area (Å²) >= 11 is 0. The molecule has 3 aromatic heterocycles. The summed E-state index contributed by atoms with van der Waals surface area (Å²) in [6.45, 7) is 1.85. The van der Waals surface area contributed by atoms with Crippen molar-refractivity contribution >= 4 is 28.3 Å². The van der Waals surface area contributed by atoms with Crippen molar-refractivity contribution in [2.75, 3.05) is 24.3 Å². The van der Waals surface area contributed by atoms with Crippen molar-refractivity contribution < 1.29 is 22.7 Å². The van der Waals surface area contributed by atoms with Crippen LogP contribution in [0.1, 0.15) is 25.0 Å². The zero-order valence-corrected chi connectivity index (χ0v) is 18.2. The number of nitrogens with zero attached hydrogens (tertiary/aromatic N) is 3. The second kappa shape index (κ2) is 9.30. The highest BCUT2D eigenvalue weighted by molar-refractivity contribution is 5.92. The molecule has 0 saturated carbocycles. The Bertz CT molecular complexity index is 1170. The zero-order valence-electron chi connectivity index (χ0n) is 18.2. The van der Waals surface area contributed by atoms with Gasteiger partial charge in [-0.3, -0.25) is 14.8 Å². The van der Waals surface area contributed by atoms with E-state index < -0.39 is 24.1 Å². The smallest absolute Gasteiger partial charge is 0.378 e. The van der Waals surface area contributed by atoms with Crippen molar-refractivity contribution in [2.24, 2.45) is 5.92 Å². The third kappa shape index (κ3) is 5.39. The number of ether oxygens (including phenoxy) is 1. The number of fused-ring (bicyclic) bond motifs is 1. The number of carbonyl (C=O) groups excluding carboxylic acids is 1. The SMILES string of the molecule is CNc1cc2ncc(-c3cc(NC(=O)C[C@H]4C[C@H](C(F)(F)F)CCO4)cnc3C)cc2cn1. The lowest BCUT2D eigenvalue weighted by atomic mass is 9.93. The standard InChI is InChI=1S/C23H24F3N5O2/c1-13-19(14-5-15-11-30-21(27-2)9-20(15)29-10-14)7-17(12-28-13)31-22(32)8-18-6-16(3-4-33-18)23(24,25)26/h5,7,9-12,16,18H,3-4,6,8H2,1-2H3,(H,27,30)(H,31,32)/t16-,18-/m1/s1. The lowest BCUT2D eigenvalue weighted by molar-refractivity contribution is -0.202. The first-order valence-corrected chi connectivity index (χ1v) is 10.6. The number of aryl methyl sites for hydroxylation is 1. The summed E-state index contributed by atoms with van der Waals surface area (Å²) in [4.78, 5) is 25.6. The molecule has 10 heteroatoms. The van der Waals surface area contributed by atoms with Gasteiger partial charge in [0.15, 0.2) is 0 Å². The number of halogens is 3. The van der Waals surface area contributed by atoms with Crippen molar-refractivity contribution in [1.82, 2.24) is 15.0 Å². The predicted molar refractivity (Wildman–Crippen MR) is 119 cm³/mol. The molecule has 1 aliphatic heterocycles. The van der Waals surface area contributed by atoms with Gasteiger partial charge in [-0.25, -0.2) is 4.98 Å². The number of aromatic nitrogens is 3. The maximum atomic E-state index is 13.0. The molecule has 2 N–H and O–H groups in total. The van der Waals surface area contributed by atoms with Crippen LogP contribution in [-0.4, -0.2) is 46.8 Å². The fourth-order valence-electron chi connectivity index (χ4n) is 3.94. The van der Waals surface area contributed by atoms with Gasteiger partial charge in [0.05, 0.1) is 35.8 Å². The van der Waals surface area contributed by atoms with Gasteiger partial charge in [-0.05, 0) is 31.9 Å². The quantitative estimate of drug-likeness (QED) is 0.574. The van der Waals surface area contributed by atoms with E-state index in [0.717, 1.165) is 27.7 Å². The Labute approximate surface area is 188 Å². The summed E-state index contributed by atoms with van der Waals surface area (Å²) in [7, 11) is 1.78. The van der Waals surface area contributed by atoms with Crippen molar-refractivity contribution in [2.45, 2.75) is 38.5 Å². The van der Waals surface area contributed by atoms with Crippen LogP contribution < -0.4 is 10.6 Å². The molecular formula is C23H24F3N5O2. The number of carbonyl (C=O) groups is 1. The van der Waals surface area contributed by atoms with Crippen LogP contribution in [0.15, 0.2) is 36.8 Å². The number of nitrogens with one attached hydrogen (secondary N) is 2. The lowest BCUT2D eigenvalue weighted by Crippen LogP contribution is -2.36. The third-order valence-corrected chi connectivity index (χ3v) is 5.75. The molecule has 0 aromatic carbocycles. The van der Waals surface area contributed by atoms with Gasteiger partial charge in [0.2, 0.25) is 5.91 Å². The van der Waals surface area contributed by atoms with Crippen LogP contribution in [0.4, 0.5) is 24.7 Å². The highest BCUT2D eigenvalue weighted by Crippen LogP contribution is 2.36. The first-order valence-electron chi connectivity index (χ1n) is 10.6. The van der Waals surface area contributed by atoms with Crippen molar-refractivity contribution in [3.8, 4) is 11.1 Å². The minimum atomic E-state index is -4.27. The molecule has 1 saturated heterocycles. The molecule has 4 heterocycles. The van der Waals surface area contributed by atoms with E-state index >= 15 is 0 Å². The van der Waals surface area contributed by atoms with Crippen LogP contribution in [0.25, 0.3) is 22.0 Å². The van der Waals surface area contributed by atoms with E-state index in [0.29, 0.717) is 11.5 Å². The Morgan fingerprint density at radius 2 is 1.97 bits per heavy atom. The molecule has 0 bridgehead atoms. The van der Waals surface area contributed by atoms with Gasteiger partial charge in [0.25, 0.3) is 0 Å². The van der Waals surface area contributed by atoms with Crippen LogP contribution in [-0.2, 0) is 9.53 Å². The number of alkyl halides is 3. The van der Waals surface area contributed by atoms with Gasteiger partial charge in [-0.1, -0.05) is 0 Å². The van der Waals surface area contributed by atoms with Crippen LogP contribution in [0.5, 0.6) is 0 Å². The average Bonchev–Trinajstić information content (AvgIpc) is 2.79. The Morgan fingerprint density at radius 1 is 1.15 bits per heavy atom. The fourth-order valence-corrected chi connectivity index (χ4v) is 3.94. The molecule has 2 atom stereocenters. The van der Waals surface area contributed by atoms with E-state index in [9.17, 15) is 18.0 Å². The van der Waals surface area contributed by atoms with Crippen LogP contribution in [0, 0.1) is 12.8 Å². The van der Waals surface area contributed by atoms with E-state index in [1.54, 1.807) is 25.5 Å². The van der Waals surface area contributed by atoms with E-state index in [1.165, 1.54) is 6.20 Å². The first kappa shape index (κ1) is 22.9. The summed E-state index contributed by atoms with van der Waals surface area (Å²) in [5.41, 5.74) is 3.58. The summed E-state index contributed by atoms with van der Waals surface area (Å²) in [5, 5.41) is 6.56. The highest BCUT2D eigenvalue weighted by atomic mass is 19.4. The third-order valence-electron chi connectivity index (χ3n) is 5.75. The molecule has 1 aliphatic rings. The molecule has 0 unspecified atom stereocenters. The van der Waals surface area contributed by atoms with Crippen LogP contribution >= 0.6 is 0 Å². The summed E-state index contributed by atoms with van der Waals surface area (Å²) in [5.74, 6) is -1.13. The Morgan fingerprint density at radius 3 is 2.73 bits per heavy atom. The van der Waals surface area contributed by atoms with E-state index in [4.69, 9.17) is 4.74 Å². The maximum absolute atomic E-state index is 13.0. The number of anilines is 2. The van der Waals surface area contributed by atoms with Crippen molar-refractivity contribution in [1.29, 1.82) is 0 Å². The number of amides is 1. The number of pyridine rings is 3. The largest absolute Gasteiger partial charge is 0.392 e. The number of hydrogen-bond donors (Lipinski definition) is 2. The topological polar surface area (TPSA) is 89.0 Å². The second-order valence-electron chi connectivity index (χ2n) is 8.10. The Hall–Kier alpha value is -3.27. The predicted octanol–water partition coefficient (Wildman–Crippen LogP) is 4.73. The van der Waals surface area contributed by atoms with Gasteiger partial charge in [-0.15, -0.1) is 0 Å². The molecular weight excluding hydrogens is 435 g/mol. The van der Waals surface area contributed by atoms with Gasteiger partial charge >= 0.3 is 6.18 Å². The molecule has 4 rings (SSSR count). The normalized spacial score (nSPS) is 18.8. The summed E-state index contributed by atoms with van der Waals surface area (Å²) < 4.78 is 44.4. The zero-order chi connectivity index (χ0) is 23.6. The van der Waals surface area contributed by atoms with E-state index in [2.05, 4.69) is 25.6 Å². The van der Waals surface area contributed by atoms with Crippen LogP contribution in [0.2, 0.25) is 0 Å². The van der Waals surface area contributed by atoms with Gasteiger partial charge in [-0.2, -0.15) is 13.2 Å². The average molecular weight is 459 g/mol. The van der Waals surface area contributed by atoms with Gasteiger partial charge < -0.3 is 15.4 Å². The Balaban J connectivity index is 1.48. The molecule has 3 aromatic rings. The first-order chi connectivity index (χ1) is 15.7. The monoisotopic (exact) mass is 459 g/mol. The number of hydrogen-bond acceptors (Lipinski definition) is 6. The van der Waals surface area contributed by atoms with Crippen molar-refractivity contribution in [3.05, 3.63) is 42.5 Å². The molecule has 1 fully saturated rings.